The average Bonchev–Trinajstić information content (AvgIpc) is 2.72. The van der Waals surface area contributed by atoms with Crippen LogP contribution in [0.3, 0.4) is 0 Å². The first-order chi connectivity index (χ1) is 13.7. The molecule has 3 rings (SSSR count). The van der Waals surface area contributed by atoms with E-state index in [0.717, 1.165) is 51.6 Å². The van der Waals surface area contributed by atoms with Crippen LogP contribution in [0.4, 0.5) is 0 Å². The fourth-order valence-electron chi connectivity index (χ4n) is 4.13. The number of hydrogen-bond acceptors (Lipinski definition) is 2. The maximum atomic E-state index is 6.50. The molecule has 1 heterocycles. The maximum Gasteiger partial charge on any atom is 0.0614 e. The second-order valence-electron chi connectivity index (χ2n) is 7.81. The van der Waals surface area contributed by atoms with Crippen molar-refractivity contribution < 1.29 is 9.47 Å². The van der Waals surface area contributed by atoms with Crippen LogP contribution in [0.5, 0.6) is 0 Å². The first-order valence-corrected chi connectivity index (χ1v) is 11.6. The standard InChI is InChI=1S/C25H33BrO2/c1-2-27-23(15-13-20-9-5-3-6-10-20)19-25-18-22(26)17-24(28-25)16-14-21-11-7-4-8-12-21/h3-12,22-25H,2,13-19H2,1H3/t22-,23?,24+,25+/m1/s1. The van der Waals surface area contributed by atoms with Gasteiger partial charge >= 0.3 is 0 Å². The Kier molecular flexibility index (Phi) is 9.04. The molecule has 1 aliphatic rings. The van der Waals surface area contributed by atoms with Crippen molar-refractivity contribution in [3.05, 3.63) is 71.8 Å². The summed E-state index contributed by atoms with van der Waals surface area (Å²) >= 11 is 3.88. The number of alkyl halides is 1. The second-order valence-corrected chi connectivity index (χ2v) is 9.11. The van der Waals surface area contributed by atoms with Gasteiger partial charge in [-0.2, -0.15) is 0 Å². The van der Waals surface area contributed by atoms with E-state index in [4.69, 9.17) is 9.47 Å². The first-order valence-electron chi connectivity index (χ1n) is 10.7. The van der Waals surface area contributed by atoms with Gasteiger partial charge in [-0.1, -0.05) is 76.6 Å². The van der Waals surface area contributed by atoms with Gasteiger partial charge in [-0.05, 0) is 63.0 Å². The molecular formula is C25H33BrO2. The molecule has 1 saturated heterocycles. The Hall–Kier alpha value is -1.16. The van der Waals surface area contributed by atoms with Gasteiger partial charge in [-0.3, -0.25) is 0 Å². The molecule has 1 aliphatic heterocycles. The minimum Gasteiger partial charge on any atom is -0.378 e. The molecule has 1 unspecified atom stereocenters. The molecule has 0 aromatic heterocycles. The molecule has 2 aromatic rings. The Balaban J connectivity index is 1.49. The van der Waals surface area contributed by atoms with Crippen molar-refractivity contribution in [3.63, 3.8) is 0 Å². The normalized spacial score (nSPS) is 23.4. The lowest BCUT2D eigenvalue weighted by Crippen LogP contribution is -2.36. The zero-order valence-electron chi connectivity index (χ0n) is 16.9. The molecule has 0 bridgehead atoms. The van der Waals surface area contributed by atoms with Gasteiger partial charge in [0.15, 0.2) is 0 Å². The van der Waals surface area contributed by atoms with Gasteiger partial charge in [0, 0.05) is 11.4 Å². The van der Waals surface area contributed by atoms with E-state index in [1.54, 1.807) is 0 Å². The van der Waals surface area contributed by atoms with Crippen molar-refractivity contribution in [1.29, 1.82) is 0 Å². The summed E-state index contributed by atoms with van der Waals surface area (Å²) in [6.45, 7) is 2.86. The van der Waals surface area contributed by atoms with Gasteiger partial charge in [-0.15, -0.1) is 0 Å². The van der Waals surface area contributed by atoms with E-state index in [1.165, 1.54) is 11.1 Å². The summed E-state index contributed by atoms with van der Waals surface area (Å²) in [5.74, 6) is 0. The highest BCUT2D eigenvalue weighted by atomic mass is 79.9. The minimum absolute atomic E-state index is 0.266. The predicted molar refractivity (Wildman–Crippen MR) is 120 cm³/mol. The van der Waals surface area contributed by atoms with Crippen LogP contribution in [0.2, 0.25) is 0 Å². The van der Waals surface area contributed by atoms with Crippen LogP contribution in [0.1, 0.15) is 50.2 Å². The molecule has 0 radical (unpaired) electrons. The first kappa shape index (κ1) is 21.5. The summed E-state index contributed by atoms with van der Waals surface area (Å²) in [4.78, 5) is 0.545. The summed E-state index contributed by atoms with van der Waals surface area (Å²) in [7, 11) is 0. The predicted octanol–water partition coefficient (Wildman–Crippen LogP) is 6.36. The summed E-state index contributed by atoms with van der Waals surface area (Å²) in [6.07, 6.45) is 8.35. The third-order valence-corrected chi connectivity index (χ3v) is 6.29. The Morgan fingerprint density at radius 1 is 0.929 bits per heavy atom. The molecule has 3 heteroatoms. The van der Waals surface area contributed by atoms with E-state index in [0.29, 0.717) is 10.9 Å². The highest BCUT2D eigenvalue weighted by Gasteiger charge is 2.29. The van der Waals surface area contributed by atoms with Crippen LogP contribution in [0.15, 0.2) is 60.7 Å². The van der Waals surface area contributed by atoms with Gasteiger partial charge in [0.2, 0.25) is 0 Å². The number of rotatable bonds is 10. The van der Waals surface area contributed by atoms with Gasteiger partial charge in [0.1, 0.15) is 0 Å². The molecule has 2 nitrogen and oxygen atoms in total. The maximum absolute atomic E-state index is 6.50. The van der Waals surface area contributed by atoms with E-state index >= 15 is 0 Å². The molecule has 0 saturated carbocycles. The molecule has 4 atom stereocenters. The lowest BCUT2D eigenvalue weighted by Gasteiger charge is -2.35. The third-order valence-electron chi connectivity index (χ3n) is 5.55. The molecule has 0 aliphatic carbocycles. The molecule has 2 aromatic carbocycles. The van der Waals surface area contributed by atoms with Crippen molar-refractivity contribution in [3.8, 4) is 0 Å². The topological polar surface area (TPSA) is 18.5 Å². The molecule has 152 valence electrons. The minimum atomic E-state index is 0.266. The molecule has 1 fully saturated rings. The lowest BCUT2D eigenvalue weighted by molar-refractivity contribution is -0.0780. The van der Waals surface area contributed by atoms with E-state index in [2.05, 4.69) is 83.5 Å². The number of hydrogen-bond donors (Lipinski definition) is 0. The zero-order valence-corrected chi connectivity index (χ0v) is 18.5. The van der Waals surface area contributed by atoms with E-state index in [1.807, 2.05) is 0 Å². The number of halogens is 1. The van der Waals surface area contributed by atoms with Crippen molar-refractivity contribution in [2.45, 2.75) is 75.0 Å². The fourth-order valence-corrected chi connectivity index (χ4v) is 4.96. The highest BCUT2D eigenvalue weighted by molar-refractivity contribution is 9.09. The monoisotopic (exact) mass is 444 g/mol. The summed E-state index contributed by atoms with van der Waals surface area (Å²) in [6, 6.07) is 21.4. The van der Waals surface area contributed by atoms with E-state index in [9.17, 15) is 0 Å². The van der Waals surface area contributed by atoms with Gasteiger partial charge in [0.25, 0.3) is 0 Å². The number of ether oxygens (including phenoxy) is 2. The molecule has 0 N–H and O–H groups in total. The van der Waals surface area contributed by atoms with Crippen LogP contribution in [-0.4, -0.2) is 29.7 Å². The summed E-state index contributed by atoms with van der Waals surface area (Å²) in [5.41, 5.74) is 2.78. The van der Waals surface area contributed by atoms with Crippen molar-refractivity contribution in [2.24, 2.45) is 0 Å². The van der Waals surface area contributed by atoms with Crippen LogP contribution >= 0.6 is 15.9 Å². The quantitative estimate of drug-likeness (QED) is 0.396. The van der Waals surface area contributed by atoms with Crippen LogP contribution < -0.4 is 0 Å². The fraction of sp³-hybridized carbons (Fsp3) is 0.520. The van der Waals surface area contributed by atoms with Gasteiger partial charge < -0.3 is 9.47 Å². The molecule has 0 amide bonds. The van der Waals surface area contributed by atoms with Crippen LogP contribution in [0.25, 0.3) is 0 Å². The van der Waals surface area contributed by atoms with Gasteiger partial charge in [0.05, 0.1) is 18.3 Å². The van der Waals surface area contributed by atoms with Crippen molar-refractivity contribution in [1.82, 2.24) is 0 Å². The Morgan fingerprint density at radius 3 is 2.18 bits per heavy atom. The average molecular weight is 445 g/mol. The van der Waals surface area contributed by atoms with Crippen molar-refractivity contribution >= 4 is 15.9 Å². The number of aryl methyl sites for hydroxylation is 2. The lowest BCUT2D eigenvalue weighted by atomic mass is 9.94. The molecule has 0 spiro atoms. The van der Waals surface area contributed by atoms with E-state index < -0.39 is 0 Å². The zero-order chi connectivity index (χ0) is 19.6. The Bertz CT molecular complexity index is 661. The Morgan fingerprint density at radius 2 is 1.54 bits per heavy atom. The van der Waals surface area contributed by atoms with Crippen LogP contribution in [0, 0.1) is 0 Å². The highest BCUT2D eigenvalue weighted by Crippen LogP contribution is 2.31. The second kappa shape index (κ2) is 11.7. The summed E-state index contributed by atoms with van der Waals surface area (Å²) in [5, 5.41) is 0. The molecular weight excluding hydrogens is 412 g/mol. The third kappa shape index (κ3) is 7.35. The molecule has 28 heavy (non-hydrogen) atoms. The smallest absolute Gasteiger partial charge is 0.0614 e. The summed E-state index contributed by atoms with van der Waals surface area (Å²) < 4.78 is 12.6. The van der Waals surface area contributed by atoms with Crippen LogP contribution in [-0.2, 0) is 22.3 Å². The van der Waals surface area contributed by atoms with Gasteiger partial charge in [-0.25, -0.2) is 0 Å². The number of benzene rings is 2. The van der Waals surface area contributed by atoms with Crippen molar-refractivity contribution in [2.75, 3.05) is 6.61 Å². The van der Waals surface area contributed by atoms with E-state index in [-0.39, 0.29) is 12.2 Å². The largest absolute Gasteiger partial charge is 0.378 e. The Labute approximate surface area is 178 Å². The SMILES string of the molecule is CCOC(CCc1ccccc1)C[C@@H]1C[C@H](Br)C[C@H](CCc2ccccc2)O1.